The molecule has 0 spiro atoms. The van der Waals surface area contributed by atoms with Crippen LogP contribution in [0.5, 0.6) is 0 Å². The molecular weight excluding hydrogens is 324 g/mol. The van der Waals surface area contributed by atoms with Crippen LogP contribution in [0.25, 0.3) is 11.1 Å². The molecule has 0 aliphatic heterocycles. The first kappa shape index (κ1) is 18.9. The molecule has 4 rings (SSSR count). The lowest BCUT2D eigenvalue weighted by Crippen LogP contribution is -1.97. The fourth-order valence-corrected chi connectivity index (χ4v) is 3.33. The molecule has 27 heavy (non-hydrogen) atoms. The van der Waals surface area contributed by atoms with Gasteiger partial charge >= 0.3 is 0 Å². The summed E-state index contributed by atoms with van der Waals surface area (Å²) in [7, 11) is 0. The minimum absolute atomic E-state index is 0.589. The zero-order valence-electron chi connectivity index (χ0n) is 16.5. The van der Waals surface area contributed by atoms with E-state index in [0.717, 1.165) is 6.42 Å². The SMILES string of the molecule is CC1=CC(c2ccccc2)CC=C1.Cc1ccc(-c2ccccc2)cc1C. The smallest absolute Gasteiger partial charge is 0.00583 e. The van der Waals surface area contributed by atoms with Gasteiger partial charge in [-0.15, -0.1) is 0 Å². The third-order valence-corrected chi connectivity index (χ3v) is 5.08. The van der Waals surface area contributed by atoms with Gasteiger partial charge in [0.25, 0.3) is 0 Å². The standard InChI is InChI=1S/C14H14.C13H14/c1-11-8-9-14(10-12(11)2)13-6-4-3-5-7-13;1-11-6-5-9-13(10-11)12-7-3-2-4-8-12/h3-10H,1-2H3;2-8,10,13H,9H2,1H3. The quantitative estimate of drug-likeness (QED) is 0.444. The molecule has 1 aliphatic rings. The van der Waals surface area contributed by atoms with E-state index in [1.165, 1.54) is 33.4 Å². The number of hydrogen-bond acceptors (Lipinski definition) is 0. The Kier molecular flexibility index (Phi) is 6.44. The van der Waals surface area contributed by atoms with Gasteiger partial charge in [-0.3, -0.25) is 0 Å². The molecule has 136 valence electrons. The highest BCUT2D eigenvalue weighted by Crippen LogP contribution is 2.26. The van der Waals surface area contributed by atoms with E-state index < -0.39 is 0 Å². The van der Waals surface area contributed by atoms with Crippen LogP contribution in [0.3, 0.4) is 0 Å². The monoisotopic (exact) mass is 352 g/mol. The van der Waals surface area contributed by atoms with Gasteiger partial charge in [-0.2, -0.15) is 0 Å². The van der Waals surface area contributed by atoms with Gasteiger partial charge in [0.15, 0.2) is 0 Å². The van der Waals surface area contributed by atoms with E-state index in [1.807, 2.05) is 6.07 Å². The summed E-state index contributed by atoms with van der Waals surface area (Å²) in [6, 6.07) is 27.8. The number of hydrogen-bond donors (Lipinski definition) is 0. The normalized spacial score (nSPS) is 15.5. The molecule has 0 fully saturated rings. The Hall–Kier alpha value is -2.86. The first-order chi connectivity index (χ1) is 13.1. The highest BCUT2D eigenvalue weighted by molar-refractivity contribution is 5.64. The number of rotatable bonds is 2. The van der Waals surface area contributed by atoms with Crippen LogP contribution in [0.15, 0.2) is 103 Å². The van der Waals surface area contributed by atoms with E-state index in [9.17, 15) is 0 Å². The lowest BCUT2D eigenvalue weighted by molar-refractivity contribution is 0.843. The van der Waals surface area contributed by atoms with Crippen LogP contribution >= 0.6 is 0 Å². The summed E-state index contributed by atoms with van der Waals surface area (Å²) in [5.41, 5.74) is 8.09. The Bertz CT molecular complexity index is 915. The highest BCUT2D eigenvalue weighted by atomic mass is 14.1. The van der Waals surface area contributed by atoms with Gasteiger partial charge in [-0.05, 0) is 55.0 Å². The number of allylic oxidation sites excluding steroid dienone is 4. The largest absolute Gasteiger partial charge is 0.0834 e. The zero-order chi connectivity index (χ0) is 19.1. The van der Waals surface area contributed by atoms with Crippen LogP contribution < -0.4 is 0 Å². The lowest BCUT2D eigenvalue weighted by Gasteiger charge is -2.15. The summed E-state index contributed by atoms with van der Waals surface area (Å²) in [4.78, 5) is 0. The summed E-state index contributed by atoms with van der Waals surface area (Å²) >= 11 is 0. The van der Waals surface area contributed by atoms with Gasteiger partial charge in [0, 0.05) is 5.92 Å². The van der Waals surface area contributed by atoms with Crippen LogP contribution in [-0.4, -0.2) is 0 Å². The Balaban J connectivity index is 0.000000156. The maximum Gasteiger partial charge on any atom is 0.00583 e. The Morgan fingerprint density at radius 1 is 0.667 bits per heavy atom. The van der Waals surface area contributed by atoms with E-state index >= 15 is 0 Å². The third-order valence-electron chi connectivity index (χ3n) is 5.08. The van der Waals surface area contributed by atoms with Crippen LogP contribution in [0.1, 0.15) is 36.0 Å². The molecular formula is C27H28. The second-order valence-electron chi connectivity index (χ2n) is 7.23. The van der Waals surface area contributed by atoms with Gasteiger partial charge in [0.05, 0.1) is 0 Å². The van der Waals surface area contributed by atoms with Crippen LogP contribution in [0.2, 0.25) is 0 Å². The molecule has 3 aromatic rings. The number of benzene rings is 3. The maximum absolute atomic E-state index is 2.34. The molecule has 0 heterocycles. The first-order valence-electron chi connectivity index (χ1n) is 9.66. The van der Waals surface area contributed by atoms with Crippen molar-refractivity contribution in [2.75, 3.05) is 0 Å². The molecule has 1 unspecified atom stereocenters. The average molecular weight is 353 g/mol. The predicted octanol–water partition coefficient (Wildman–Crippen LogP) is 7.65. The highest BCUT2D eigenvalue weighted by Gasteiger charge is 2.08. The van der Waals surface area contributed by atoms with Crippen molar-refractivity contribution in [2.45, 2.75) is 33.1 Å². The second-order valence-corrected chi connectivity index (χ2v) is 7.23. The van der Waals surface area contributed by atoms with Crippen molar-refractivity contribution in [1.29, 1.82) is 0 Å². The molecule has 0 nitrogen and oxygen atoms in total. The van der Waals surface area contributed by atoms with Crippen LogP contribution in [-0.2, 0) is 0 Å². The topological polar surface area (TPSA) is 0 Å². The van der Waals surface area contributed by atoms with Crippen molar-refractivity contribution < 1.29 is 0 Å². The molecule has 3 aromatic carbocycles. The van der Waals surface area contributed by atoms with Crippen molar-refractivity contribution in [1.82, 2.24) is 0 Å². The van der Waals surface area contributed by atoms with Crippen LogP contribution in [0.4, 0.5) is 0 Å². The van der Waals surface area contributed by atoms with E-state index in [0.29, 0.717) is 5.92 Å². The predicted molar refractivity (Wildman–Crippen MR) is 118 cm³/mol. The van der Waals surface area contributed by atoms with Crippen molar-refractivity contribution in [3.8, 4) is 11.1 Å². The fourth-order valence-electron chi connectivity index (χ4n) is 3.33. The first-order valence-corrected chi connectivity index (χ1v) is 9.66. The van der Waals surface area contributed by atoms with E-state index in [2.05, 4.69) is 112 Å². The van der Waals surface area contributed by atoms with Gasteiger partial charge in [0.1, 0.15) is 0 Å². The molecule has 0 saturated carbocycles. The summed E-state index contributed by atoms with van der Waals surface area (Å²) < 4.78 is 0. The Labute approximate surface area is 163 Å². The maximum atomic E-state index is 2.34. The molecule has 0 N–H and O–H groups in total. The number of aryl methyl sites for hydroxylation is 2. The Morgan fingerprint density at radius 2 is 1.33 bits per heavy atom. The Morgan fingerprint density at radius 3 is 1.96 bits per heavy atom. The zero-order valence-corrected chi connectivity index (χ0v) is 16.5. The van der Waals surface area contributed by atoms with E-state index in [1.54, 1.807) is 0 Å². The van der Waals surface area contributed by atoms with Gasteiger partial charge in [0.2, 0.25) is 0 Å². The third kappa shape index (κ3) is 5.31. The van der Waals surface area contributed by atoms with Crippen molar-refractivity contribution in [2.24, 2.45) is 0 Å². The van der Waals surface area contributed by atoms with Gasteiger partial charge in [-0.1, -0.05) is 103 Å². The lowest BCUT2D eigenvalue weighted by atomic mass is 9.90. The van der Waals surface area contributed by atoms with Gasteiger partial charge < -0.3 is 0 Å². The van der Waals surface area contributed by atoms with Crippen LogP contribution in [0, 0.1) is 13.8 Å². The molecule has 0 radical (unpaired) electrons. The molecule has 0 aromatic heterocycles. The second kappa shape index (κ2) is 9.19. The van der Waals surface area contributed by atoms with E-state index in [4.69, 9.17) is 0 Å². The summed E-state index contributed by atoms with van der Waals surface area (Å²) in [5.74, 6) is 0.589. The van der Waals surface area contributed by atoms with E-state index in [-0.39, 0.29) is 0 Å². The molecule has 0 saturated heterocycles. The van der Waals surface area contributed by atoms with Crippen molar-refractivity contribution in [3.63, 3.8) is 0 Å². The minimum atomic E-state index is 0.589. The molecule has 0 bridgehead atoms. The fraction of sp³-hybridized carbons (Fsp3) is 0.185. The molecule has 1 aliphatic carbocycles. The summed E-state index contributed by atoms with van der Waals surface area (Å²) in [5, 5.41) is 0. The van der Waals surface area contributed by atoms with Crippen molar-refractivity contribution in [3.05, 3.63) is 119 Å². The summed E-state index contributed by atoms with van der Waals surface area (Å²) in [6.07, 6.45) is 7.93. The molecule has 0 amide bonds. The summed E-state index contributed by atoms with van der Waals surface area (Å²) in [6.45, 7) is 6.46. The minimum Gasteiger partial charge on any atom is -0.0834 e. The average Bonchev–Trinajstić information content (AvgIpc) is 2.72. The van der Waals surface area contributed by atoms with Gasteiger partial charge in [-0.25, -0.2) is 0 Å². The van der Waals surface area contributed by atoms with Crippen molar-refractivity contribution >= 4 is 0 Å². The molecule has 1 atom stereocenters. The molecule has 0 heteroatoms.